The molecule has 0 atom stereocenters. The molecule has 0 aromatic rings. The van der Waals surface area contributed by atoms with Gasteiger partial charge in [-0.05, 0) is 18.0 Å². The molecule has 0 fully saturated rings. The van der Waals surface area contributed by atoms with Gasteiger partial charge in [0.25, 0.3) is 0 Å². The van der Waals surface area contributed by atoms with Gasteiger partial charge in [0.15, 0.2) is 6.29 Å². The maximum Gasteiger partial charge on any atom is 0.166 e. The van der Waals surface area contributed by atoms with Crippen LogP contribution in [0, 0.1) is 0 Å². The third-order valence-electron chi connectivity index (χ3n) is 0.704. The lowest BCUT2D eigenvalue weighted by Gasteiger charge is -1.86. The van der Waals surface area contributed by atoms with Crippen LogP contribution in [0.3, 0.4) is 0 Å². The van der Waals surface area contributed by atoms with E-state index in [0.29, 0.717) is 5.70 Å². The molecule has 0 radical (unpaired) electrons. The van der Waals surface area contributed by atoms with E-state index in [1.807, 2.05) is 6.08 Å². The van der Waals surface area contributed by atoms with Gasteiger partial charge in [0.05, 0.1) is 5.70 Å². The summed E-state index contributed by atoms with van der Waals surface area (Å²) in [5.74, 6) is 0.911. The Balaban J connectivity index is 2.51. The Kier molecular flexibility index (Phi) is 1.36. The van der Waals surface area contributed by atoms with Crippen molar-refractivity contribution in [3.63, 3.8) is 0 Å². The van der Waals surface area contributed by atoms with E-state index in [4.69, 9.17) is 0 Å². The van der Waals surface area contributed by atoms with Crippen molar-refractivity contribution in [1.29, 1.82) is 0 Å². The molecule has 38 valence electrons. The number of hydrogen-bond acceptors (Lipinski definition) is 3. The Labute approximate surface area is 46.1 Å². The molecule has 0 saturated carbocycles. The maximum absolute atomic E-state index is 9.86. The SMILES string of the molecule is O=CC1=CCSN1. The fourth-order valence-corrected chi connectivity index (χ4v) is 1.01. The van der Waals surface area contributed by atoms with Crippen LogP contribution in [0.15, 0.2) is 11.8 Å². The molecular formula is C4H5NOS. The van der Waals surface area contributed by atoms with Gasteiger partial charge in [-0.15, -0.1) is 0 Å². The van der Waals surface area contributed by atoms with Crippen LogP contribution < -0.4 is 4.72 Å². The number of allylic oxidation sites excluding steroid dienone is 1. The van der Waals surface area contributed by atoms with Crippen LogP contribution in [0.1, 0.15) is 0 Å². The van der Waals surface area contributed by atoms with Crippen LogP contribution in [0.25, 0.3) is 0 Å². The molecule has 0 saturated heterocycles. The van der Waals surface area contributed by atoms with Gasteiger partial charge in [-0.25, -0.2) is 0 Å². The first kappa shape index (κ1) is 4.71. The minimum atomic E-state index is 0.699. The molecule has 0 aromatic heterocycles. The zero-order valence-corrected chi connectivity index (χ0v) is 4.49. The summed E-state index contributed by atoms with van der Waals surface area (Å²) in [4.78, 5) is 9.86. The Hall–Kier alpha value is -0.440. The Bertz CT molecular complexity index is 110. The second kappa shape index (κ2) is 2.02. The Morgan fingerprint density at radius 1 is 2.00 bits per heavy atom. The number of rotatable bonds is 1. The molecular weight excluding hydrogens is 110 g/mol. The zero-order chi connectivity index (χ0) is 5.11. The van der Waals surface area contributed by atoms with E-state index < -0.39 is 0 Å². The molecule has 0 bridgehead atoms. The topological polar surface area (TPSA) is 29.1 Å². The van der Waals surface area contributed by atoms with Crippen molar-refractivity contribution in [2.75, 3.05) is 5.75 Å². The largest absolute Gasteiger partial charge is 0.327 e. The van der Waals surface area contributed by atoms with Crippen LogP contribution in [-0.2, 0) is 4.79 Å². The average molecular weight is 115 g/mol. The highest BCUT2D eigenvalue weighted by Crippen LogP contribution is 2.06. The van der Waals surface area contributed by atoms with Crippen molar-refractivity contribution in [3.8, 4) is 0 Å². The second-order valence-corrected chi connectivity index (χ2v) is 2.02. The smallest absolute Gasteiger partial charge is 0.166 e. The first-order valence-electron chi connectivity index (χ1n) is 1.96. The molecule has 1 rings (SSSR count). The minimum absolute atomic E-state index is 0.699. The van der Waals surface area contributed by atoms with Crippen LogP contribution >= 0.6 is 11.9 Å². The summed E-state index contributed by atoms with van der Waals surface area (Å²) in [5, 5.41) is 0. The van der Waals surface area contributed by atoms with Crippen LogP contribution in [0.5, 0.6) is 0 Å². The average Bonchev–Trinajstić information content (AvgIpc) is 2.14. The summed E-state index contributed by atoms with van der Waals surface area (Å²) in [7, 11) is 0. The molecule has 1 aliphatic heterocycles. The van der Waals surface area contributed by atoms with Crippen molar-refractivity contribution in [1.82, 2.24) is 4.72 Å². The molecule has 1 heterocycles. The third-order valence-corrected chi connectivity index (χ3v) is 1.42. The van der Waals surface area contributed by atoms with Gasteiger partial charge in [0.1, 0.15) is 0 Å². The maximum atomic E-state index is 9.86. The monoisotopic (exact) mass is 115 g/mol. The van der Waals surface area contributed by atoms with Gasteiger partial charge < -0.3 is 4.72 Å². The number of nitrogens with one attached hydrogen (secondary N) is 1. The van der Waals surface area contributed by atoms with Crippen LogP contribution in [0.4, 0.5) is 0 Å². The van der Waals surface area contributed by atoms with Crippen molar-refractivity contribution < 1.29 is 4.79 Å². The second-order valence-electron chi connectivity index (χ2n) is 1.19. The predicted octanol–water partition coefficient (Wildman–Crippen LogP) is 0.321. The summed E-state index contributed by atoms with van der Waals surface area (Å²) >= 11 is 1.53. The number of aldehydes is 1. The number of carbonyl (C=O) groups excluding carboxylic acids is 1. The van der Waals surface area contributed by atoms with Crippen LogP contribution in [0.2, 0.25) is 0 Å². The lowest BCUT2D eigenvalue weighted by Crippen LogP contribution is -1.96. The lowest BCUT2D eigenvalue weighted by molar-refractivity contribution is -0.105. The Morgan fingerprint density at radius 2 is 2.86 bits per heavy atom. The highest BCUT2D eigenvalue weighted by molar-refractivity contribution is 7.97. The van der Waals surface area contributed by atoms with E-state index in [2.05, 4.69) is 4.72 Å². The molecule has 0 spiro atoms. The van der Waals surface area contributed by atoms with Crippen molar-refractivity contribution in [2.45, 2.75) is 0 Å². The molecule has 0 aromatic carbocycles. The summed E-state index contributed by atoms with van der Waals surface area (Å²) in [6, 6.07) is 0. The molecule has 0 amide bonds. The molecule has 3 heteroatoms. The molecule has 1 N–H and O–H groups in total. The minimum Gasteiger partial charge on any atom is -0.327 e. The number of carbonyl (C=O) groups is 1. The van der Waals surface area contributed by atoms with E-state index in [9.17, 15) is 4.79 Å². The van der Waals surface area contributed by atoms with Gasteiger partial charge in [-0.1, -0.05) is 0 Å². The zero-order valence-electron chi connectivity index (χ0n) is 3.68. The van der Waals surface area contributed by atoms with Crippen LogP contribution in [-0.4, -0.2) is 12.0 Å². The standard InChI is InChI=1S/C4H5NOS/c6-3-4-1-2-7-5-4/h1,3,5H,2H2. The first-order chi connectivity index (χ1) is 3.43. The van der Waals surface area contributed by atoms with E-state index in [1.165, 1.54) is 11.9 Å². The third kappa shape index (κ3) is 0.962. The Morgan fingerprint density at radius 3 is 3.14 bits per heavy atom. The van der Waals surface area contributed by atoms with Gasteiger partial charge in [-0.2, -0.15) is 0 Å². The molecule has 1 aliphatic rings. The van der Waals surface area contributed by atoms with Crippen molar-refractivity contribution in [2.24, 2.45) is 0 Å². The van der Waals surface area contributed by atoms with Crippen molar-refractivity contribution in [3.05, 3.63) is 11.8 Å². The summed E-state index contributed by atoms with van der Waals surface area (Å²) < 4.78 is 2.82. The van der Waals surface area contributed by atoms with E-state index in [1.54, 1.807) is 0 Å². The molecule has 0 aliphatic carbocycles. The summed E-state index contributed by atoms with van der Waals surface area (Å²) in [6.07, 6.45) is 2.68. The van der Waals surface area contributed by atoms with Gasteiger partial charge >= 0.3 is 0 Å². The molecule has 7 heavy (non-hydrogen) atoms. The van der Waals surface area contributed by atoms with Crippen molar-refractivity contribution >= 4 is 18.2 Å². The number of hydrogen-bond donors (Lipinski definition) is 1. The van der Waals surface area contributed by atoms with E-state index in [0.717, 1.165) is 12.0 Å². The van der Waals surface area contributed by atoms with Gasteiger partial charge in [-0.3, -0.25) is 4.79 Å². The van der Waals surface area contributed by atoms with Gasteiger partial charge in [0.2, 0.25) is 0 Å². The highest BCUT2D eigenvalue weighted by atomic mass is 32.2. The highest BCUT2D eigenvalue weighted by Gasteiger charge is 1.98. The normalized spacial score (nSPS) is 18.0. The quantitative estimate of drug-likeness (QED) is 0.394. The summed E-state index contributed by atoms with van der Waals surface area (Å²) in [5.41, 5.74) is 0.699. The lowest BCUT2D eigenvalue weighted by atomic mass is 10.5. The summed E-state index contributed by atoms with van der Waals surface area (Å²) in [6.45, 7) is 0. The molecule has 2 nitrogen and oxygen atoms in total. The van der Waals surface area contributed by atoms with Gasteiger partial charge in [0, 0.05) is 5.75 Å². The fourth-order valence-electron chi connectivity index (χ4n) is 0.370. The fraction of sp³-hybridized carbons (Fsp3) is 0.250. The van der Waals surface area contributed by atoms with E-state index >= 15 is 0 Å². The van der Waals surface area contributed by atoms with E-state index in [-0.39, 0.29) is 0 Å². The molecule has 0 unspecified atom stereocenters. The first-order valence-corrected chi connectivity index (χ1v) is 2.95. The predicted molar refractivity (Wildman–Crippen MR) is 29.7 cm³/mol.